The Kier molecular flexibility index (Phi) is 2.45. The Hall–Kier alpha value is -1.44. The van der Waals surface area contributed by atoms with Gasteiger partial charge in [0.1, 0.15) is 0 Å². The summed E-state index contributed by atoms with van der Waals surface area (Å²) in [6, 6.07) is 4.49. The monoisotopic (exact) mass is 241 g/mol. The van der Waals surface area contributed by atoms with Gasteiger partial charge in [-0.1, -0.05) is 0 Å². The zero-order valence-electron chi connectivity index (χ0n) is 8.60. The number of amides is 1. The maximum absolute atomic E-state index is 11.4. The molecule has 1 aliphatic heterocycles. The number of hydrogen-bond donors (Lipinski definition) is 2. The van der Waals surface area contributed by atoms with E-state index in [0.29, 0.717) is 5.56 Å². The maximum atomic E-state index is 11.4. The first kappa shape index (κ1) is 11.1. The fourth-order valence-electron chi connectivity index (χ4n) is 1.68. The van der Waals surface area contributed by atoms with Crippen LogP contribution in [-0.4, -0.2) is 21.4 Å². The highest BCUT2D eigenvalue weighted by atomic mass is 32.2. The van der Waals surface area contributed by atoms with Crippen LogP contribution in [0.3, 0.4) is 0 Å². The number of hydrogen-bond acceptors (Lipinski definition) is 4. The van der Waals surface area contributed by atoms with Gasteiger partial charge in [-0.25, -0.2) is 8.42 Å². The van der Waals surface area contributed by atoms with Gasteiger partial charge in [0.05, 0.1) is 11.3 Å². The van der Waals surface area contributed by atoms with E-state index in [1.165, 1.54) is 17.0 Å². The molecular formula is C9H11N3O3S. The van der Waals surface area contributed by atoms with Gasteiger partial charge in [0.2, 0.25) is 5.91 Å². The van der Waals surface area contributed by atoms with Crippen LogP contribution in [0, 0.1) is 0 Å². The second kappa shape index (κ2) is 3.55. The molecule has 0 saturated heterocycles. The molecule has 0 atom stereocenters. The van der Waals surface area contributed by atoms with Gasteiger partial charge in [0, 0.05) is 12.7 Å². The van der Waals surface area contributed by atoms with E-state index in [1.807, 2.05) is 0 Å². The zero-order valence-corrected chi connectivity index (χ0v) is 9.41. The minimum Gasteiger partial charge on any atom is -0.315 e. The van der Waals surface area contributed by atoms with E-state index in [-0.39, 0.29) is 17.2 Å². The smallest absolute Gasteiger partial charge is 0.253 e. The largest absolute Gasteiger partial charge is 0.315 e. The van der Waals surface area contributed by atoms with E-state index in [0.717, 1.165) is 5.69 Å². The van der Waals surface area contributed by atoms with Gasteiger partial charge in [0.25, 0.3) is 10.0 Å². The second-order valence-corrected chi connectivity index (χ2v) is 5.26. The summed E-state index contributed by atoms with van der Waals surface area (Å²) >= 11 is 0. The van der Waals surface area contributed by atoms with Gasteiger partial charge in [-0.15, -0.1) is 0 Å². The number of likely N-dealkylation sites (N-methyl/N-ethyl adjacent to an activating group) is 1. The van der Waals surface area contributed by atoms with Crippen molar-refractivity contribution in [2.24, 2.45) is 5.84 Å². The lowest BCUT2D eigenvalue weighted by atomic mass is 10.2. The molecule has 1 aliphatic rings. The van der Waals surface area contributed by atoms with Crippen LogP contribution in [0.1, 0.15) is 5.56 Å². The quantitative estimate of drug-likeness (QED) is 0.532. The number of sulfonamides is 1. The first-order chi connectivity index (χ1) is 7.45. The number of hydrazine groups is 1. The molecule has 6 nitrogen and oxygen atoms in total. The van der Waals surface area contributed by atoms with E-state index in [9.17, 15) is 13.2 Å². The maximum Gasteiger partial charge on any atom is 0.253 e. The number of rotatable bonds is 2. The highest BCUT2D eigenvalue weighted by molar-refractivity contribution is 7.89. The standard InChI is InChI=1S/C9H11N3O3S/c1-12-8-3-2-7(16(14,15)11-10)4-6(8)5-9(12)13/h2-4,11H,5,10H2,1H3. The molecule has 0 saturated carbocycles. The highest BCUT2D eigenvalue weighted by Crippen LogP contribution is 2.29. The second-order valence-electron chi connectivity index (χ2n) is 3.54. The van der Waals surface area contributed by atoms with E-state index in [2.05, 4.69) is 0 Å². The normalized spacial score (nSPS) is 15.4. The molecule has 0 bridgehead atoms. The lowest BCUT2D eigenvalue weighted by molar-refractivity contribution is -0.117. The van der Waals surface area contributed by atoms with Crippen molar-refractivity contribution in [1.82, 2.24) is 4.83 Å². The number of nitrogens with two attached hydrogens (primary N) is 1. The first-order valence-corrected chi connectivity index (χ1v) is 6.06. The van der Waals surface area contributed by atoms with E-state index >= 15 is 0 Å². The number of carbonyl (C=O) groups is 1. The van der Waals surface area contributed by atoms with Crippen LogP contribution in [0.4, 0.5) is 5.69 Å². The van der Waals surface area contributed by atoms with Crippen molar-refractivity contribution in [3.63, 3.8) is 0 Å². The highest BCUT2D eigenvalue weighted by Gasteiger charge is 2.25. The SMILES string of the molecule is CN1C(=O)Cc2cc(S(=O)(=O)NN)ccc21. The van der Waals surface area contributed by atoms with Crippen molar-refractivity contribution in [2.75, 3.05) is 11.9 Å². The molecule has 2 rings (SSSR count). The third-order valence-electron chi connectivity index (χ3n) is 2.59. The molecule has 7 heteroatoms. The van der Waals surface area contributed by atoms with E-state index in [1.54, 1.807) is 17.9 Å². The molecule has 0 spiro atoms. The molecule has 0 radical (unpaired) electrons. The van der Waals surface area contributed by atoms with Crippen LogP contribution in [0.25, 0.3) is 0 Å². The van der Waals surface area contributed by atoms with E-state index < -0.39 is 10.0 Å². The summed E-state index contributed by atoms with van der Waals surface area (Å²) in [7, 11) is -2.00. The fraction of sp³-hybridized carbons (Fsp3) is 0.222. The Morgan fingerprint density at radius 2 is 2.12 bits per heavy atom. The molecule has 0 unspecified atom stereocenters. The lowest BCUT2D eigenvalue weighted by Crippen LogP contribution is -2.30. The Morgan fingerprint density at radius 3 is 2.75 bits per heavy atom. The van der Waals surface area contributed by atoms with Crippen molar-refractivity contribution in [2.45, 2.75) is 11.3 Å². The predicted octanol–water partition coefficient (Wildman–Crippen LogP) is -0.642. The number of carbonyl (C=O) groups excluding carboxylic acids is 1. The molecule has 16 heavy (non-hydrogen) atoms. The fourth-order valence-corrected chi connectivity index (χ4v) is 2.36. The Morgan fingerprint density at radius 1 is 1.44 bits per heavy atom. The number of nitrogens with one attached hydrogen (secondary N) is 1. The molecular weight excluding hydrogens is 230 g/mol. The van der Waals surface area contributed by atoms with Crippen molar-refractivity contribution in [3.05, 3.63) is 23.8 Å². The summed E-state index contributed by atoms with van der Waals surface area (Å²) in [5.41, 5.74) is 1.43. The van der Waals surface area contributed by atoms with Gasteiger partial charge < -0.3 is 4.90 Å². The molecule has 1 amide bonds. The Labute approximate surface area is 93.1 Å². The summed E-state index contributed by atoms with van der Waals surface area (Å²) in [4.78, 5) is 14.7. The topological polar surface area (TPSA) is 92.5 Å². The predicted molar refractivity (Wildman–Crippen MR) is 58.1 cm³/mol. The molecule has 0 aliphatic carbocycles. The van der Waals surface area contributed by atoms with Gasteiger partial charge in [-0.2, -0.15) is 4.83 Å². The number of nitrogens with zero attached hydrogens (tertiary/aromatic N) is 1. The molecule has 3 N–H and O–H groups in total. The number of fused-ring (bicyclic) bond motifs is 1. The van der Waals surface area contributed by atoms with Crippen molar-refractivity contribution < 1.29 is 13.2 Å². The molecule has 1 heterocycles. The van der Waals surface area contributed by atoms with Crippen LogP contribution < -0.4 is 15.6 Å². The van der Waals surface area contributed by atoms with Crippen molar-refractivity contribution in [1.29, 1.82) is 0 Å². The first-order valence-electron chi connectivity index (χ1n) is 4.57. The van der Waals surface area contributed by atoms with Crippen molar-refractivity contribution in [3.8, 4) is 0 Å². The van der Waals surface area contributed by atoms with Gasteiger partial charge in [-0.05, 0) is 23.8 Å². The van der Waals surface area contributed by atoms with E-state index in [4.69, 9.17) is 5.84 Å². The van der Waals surface area contributed by atoms with Crippen LogP contribution in [-0.2, 0) is 21.2 Å². The zero-order chi connectivity index (χ0) is 11.9. The average molecular weight is 241 g/mol. The average Bonchev–Trinajstić information content (AvgIpc) is 2.54. The van der Waals surface area contributed by atoms with Gasteiger partial charge in [-0.3, -0.25) is 10.6 Å². The molecule has 0 aromatic heterocycles. The minimum absolute atomic E-state index is 0.0507. The molecule has 1 aromatic carbocycles. The third kappa shape index (κ3) is 1.58. The molecule has 86 valence electrons. The Balaban J connectivity index is 2.52. The lowest BCUT2D eigenvalue weighted by Gasteiger charge is -2.10. The summed E-state index contributed by atoms with van der Waals surface area (Å²) in [6.45, 7) is 0. The molecule has 1 aromatic rings. The van der Waals surface area contributed by atoms with Gasteiger partial charge >= 0.3 is 0 Å². The summed E-state index contributed by atoms with van der Waals surface area (Å²) in [6.07, 6.45) is 0.222. The molecule has 0 fully saturated rings. The summed E-state index contributed by atoms with van der Waals surface area (Å²) in [5, 5.41) is 0. The van der Waals surface area contributed by atoms with Crippen LogP contribution in [0.5, 0.6) is 0 Å². The van der Waals surface area contributed by atoms with Crippen LogP contribution in [0.15, 0.2) is 23.1 Å². The Bertz CT molecular complexity index is 553. The van der Waals surface area contributed by atoms with Crippen LogP contribution >= 0.6 is 0 Å². The minimum atomic E-state index is -3.66. The third-order valence-corrected chi connectivity index (χ3v) is 3.78. The summed E-state index contributed by atoms with van der Waals surface area (Å²) in [5.74, 6) is 4.87. The van der Waals surface area contributed by atoms with Crippen LogP contribution in [0.2, 0.25) is 0 Å². The number of benzene rings is 1. The summed E-state index contributed by atoms with van der Waals surface area (Å²) < 4.78 is 22.9. The van der Waals surface area contributed by atoms with Gasteiger partial charge in [0.15, 0.2) is 0 Å². The van der Waals surface area contributed by atoms with Crippen molar-refractivity contribution >= 4 is 21.6 Å². The number of anilines is 1.